The van der Waals surface area contributed by atoms with E-state index in [0.717, 1.165) is 26.6 Å². The van der Waals surface area contributed by atoms with Crippen LogP contribution in [0.4, 0.5) is 16.2 Å². The van der Waals surface area contributed by atoms with E-state index in [0.29, 0.717) is 11.4 Å². The van der Waals surface area contributed by atoms with Crippen LogP contribution in [-0.2, 0) is 14.8 Å². The number of carbonyl (C=O) groups excluding carboxylic acids is 1. The Bertz CT molecular complexity index is 1640. The number of aryl methyl sites for hydroxylation is 1. The minimum absolute atomic E-state index is 0.123. The molecule has 0 saturated carbocycles. The molecule has 5 rings (SSSR count). The lowest BCUT2D eigenvalue weighted by Gasteiger charge is -2.35. The van der Waals surface area contributed by atoms with E-state index >= 15 is 0 Å². The zero-order valence-electron chi connectivity index (χ0n) is 21.0. The van der Waals surface area contributed by atoms with Gasteiger partial charge in [0, 0.05) is 11.6 Å². The molecule has 190 valence electrons. The number of hydrogen-bond acceptors (Lipinski definition) is 4. The van der Waals surface area contributed by atoms with E-state index in [9.17, 15) is 13.2 Å². The van der Waals surface area contributed by atoms with E-state index in [1.807, 2.05) is 61.5 Å². The third-order valence-electron chi connectivity index (χ3n) is 6.28. The molecule has 1 atom stereocenters. The van der Waals surface area contributed by atoms with Gasteiger partial charge in [-0.05, 0) is 61.2 Å². The highest BCUT2D eigenvalue weighted by molar-refractivity contribution is 7.93. The van der Waals surface area contributed by atoms with Crippen molar-refractivity contribution in [2.24, 2.45) is 0 Å². The molecule has 0 fully saturated rings. The number of para-hydroxylation sites is 2. The summed E-state index contributed by atoms with van der Waals surface area (Å²) in [6.45, 7) is 3.83. The van der Waals surface area contributed by atoms with Gasteiger partial charge in [-0.1, -0.05) is 78.4 Å². The fraction of sp³-hybridized carbons (Fsp3) is 0.129. The summed E-state index contributed by atoms with van der Waals surface area (Å²) < 4.78 is 34.1. The topological polar surface area (TPSA) is 66.9 Å². The number of nitrogens with zero attached hydrogens (tertiary/aromatic N) is 2. The number of carbonyl (C=O) groups is 1. The maximum Gasteiger partial charge on any atom is 0.415 e. The summed E-state index contributed by atoms with van der Waals surface area (Å²) in [5, 5.41) is 0. The van der Waals surface area contributed by atoms with E-state index < -0.39 is 22.2 Å². The summed E-state index contributed by atoms with van der Waals surface area (Å²) in [5.41, 5.74) is 4.58. The van der Waals surface area contributed by atoms with Crippen molar-refractivity contribution in [1.82, 2.24) is 0 Å². The first-order chi connectivity index (χ1) is 18.4. The Morgan fingerprint density at radius 2 is 1.50 bits per heavy atom. The van der Waals surface area contributed by atoms with Gasteiger partial charge in [-0.15, -0.1) is 0 Å². The number of rotatable bonds is 4. The average molecular weight is 523 g/mol. The molecule has 0 N–H and O–H groups in total. The molecule has 1 heterocycles. The molecule has 4 aromatic carbocycles. The molecular formula is C31H26N2O4S. The van der Waals surface area contributed by atoms with E-state index in [4.69, 9.17) is 4.74 Å². The molecule has 4 aromatic rings. The maximum atomic E-state index is 13.8. The lowest BCUT2D eigenvalue weighted by Crippen LogP contribution is -2.38. The van der Waals surface area contributed by atoms with Crippen LogP contribution >= 0.6 is 0 Å². The number of sulfonamides is 1. The van der Waals surface area contributed by atoms with Gasteiger partial charge in [0.1, 0.15) is 6.04 Å². The predicted octanol–water partition coefficient (Wildman–Crippen LogP) is 6.54. The lowest BCUT2D eigenvalue weighted by atomic mass is 9.88. The van der Waals surface area contributed by atoms with Crippen molar-refractivity contribution >= 4 is 27.5 Å². The SMILES string of the molecule is CCOC(=O)N1c2ccccc2-c2ccccc2C1C#CN(c1ccccc1)S(=O)(=O)c1ccc(C)cc1. The van der Waals surface area contributed by atoms with Crippen molar-refractivity contribution in [3.8, 4) is 23.1 Å². The number of hydrogen-bond donors (Lipinski definition) is 0. The van der Waals surface area contributed by atoms with Gasteiger partial charge in [0.2, 0.25) is 0 Å². The second kappa shape index (κ2) is 10.4. The number of benzene rings is 4. The minimum atomic E-state index is -4.03. The highest BCUT2D eigenvalue weighted by atomic mass is 32.2. The molecule has 0 spiro atoms. The van der Waals surface area contributed by atoms with E-state index in [1.165, 1.54) is 4.90 Å². The maximum absolute atomic E-state index is 13.8. The molecule has 0 bridgehead atoms. The van der Waals surface area contributed by atoms with Gasteiger partial charge in [0.15, 0.2) is 0 Å². The molecule has 0 radical (unpaired) electrons. The number of fused-ring (bicyclic) bond motifs is 3. The Kier molecular flexibility index (Phi) is 6.91. The molecular weight excluding hydrogens is 496 g/mol. The first-order valence-electron chi connectivity index (χ1n) is 12.2. The standard InChI is InChI=1S/C31H26N2O4S/c1-3-37-31(34)33-29-16-10-9-15-27(29)26-13-7-8-14-28(26)30(33)21-22-32(24-11-5-4-6-12-24)38(35,36)25-19-17-23(2)18-20-25/h4-20,30H,3H2,1-2H3. The zero-order chi connectivity index (χ0) is 26.7. The number of anilines is 2. The second-order valence-corrected chi connectivity index (χ2v) is 10.5. The number of ether oxygens (including phenoxy) is 1. The van der Waals surface area contributed by atoms with Gasteiger partial charge in [0.05, 0.1) is 22.9 Å². The Labute approximate surface area is 223 Å². The molecule has 1 amide bonds. The minimum Gasteiger partial charge on any atom is -0.449 e. The Hall–Kier alpha value is -4.54. The average Bonchev–Trinajstić information content (AvgIpc) is 2.94. The van der Waals surface area contributed by atoms with Crippen LogP contribution in [0.1, 0.15) is 24.1 Å². The smallest absolute Gasteiger partial charge is 0.415 e. The van der Waals surface area contributed by atoms with Crippen LogP contribution in [0, 0.1) is 18.9 Å². The summed E-state index contributed by atoms with van der Waals surface area (Å²) in [6.07, 6.45) is -0.554. The van der Waals surface area contributed by atoms with Crippen molar-refractivity contribution in [2.75, 3.05) is 15.8 Å². The van der Waals surface area contributed by atoms with Crippen LogP contribution < -0.4 is 9.21 Å². The van der Waals surface area contributed by atoms with Gasteiger partial charge in [-0.2, -0.15) is 4.31 Å². The van der Waals surface area contributed by atoms with Gasteiger partial charge < -0.3 is 4.74 Å². The molecule has 0 aliphatic carbocycles. The van der Waals surface area contributed by atoms with Crippen LogP contribution in [0.5, 0.6) is 0 Å². The fourth-order valence-corrected chi connectivity index (χ4v) is 5.73. The third kappa shape index (κ3) is 4.62. The van der Waals surface area contributed by atoms with Crippen LogP contribution in [0.2, 0.25) is 0 Å². The van der Waals surface area contributed by atoms with E-state index in [1.54, 1.807) is 55.5 Å². The van der Waals surface area contributed by atoms with Crippen LogP contribution in [-0.4, -0.2) is 21.1 Å². The van der Waals surface area contributed by atoms with Crippen molar-refractivity contribution < 1.29 is 17.9 Å². The van der Waals surface area contributed by atoms with Crippen molar-refractivity contribution in [2.45, 2.75) is 24.8 Å². The summed E-state index contributed by atoms with van der Waals surface area (Å²) in [6, 6.07) is 32.7. The molecule has 7 heteroatoms. The van der Waals surface area contributed by atoms with Gasteiger partial charge in [0.25, 0.3) is 10.0 Å². The Morgan fingerprint density at radius 1 is 0.868 bits per heavy atom. The van der Waals surface area contributed by atoms with Crippen molar-refractivity contribution in [3.05, 3.63) is 114 Å². The Balaban J connectivity index is 1.69. The molecule has 1 unspecified atom stereocenters. The Morgan fingerprint density at radius 3 is 2.21 bits per heavy atom. The lowest BCUT2D eigenvalue weighted by molar-refractivity contribution is 0.158. The fourth-order valence-electron chi connectivity index (χ4n) is 4.47. The zero-order valence-corrected chi connectivity index (χ0v) is 21.9. The monoisotopic (exact) mass is 522 g/mol. The van der Waals surface area contributed by atoms with Gasteiger partial charge >= 0.3 is 6.09 Å². The highest BCUT2D eigenvalue weighted by Gasteiger charge is 2.35. The highest BCUT2D eigenvalue weighted by Crippen LogP contribution is 2.44. The molecule has 6 nitrogen and oxygen atoms in total. The molecule has 0 aromatic heterocycles. The molecule has 1 aliphatic rings. The first-order valence-corrected chi connectivity index (χ1v) is 13.7. The quantitative estimate of drug-likeness (QED) is 0.226. The predicted molar refractivity (Wildman–Crippen MR) is 149 cm³/mol. The summed E-state index contributed by atoms with van der Waals surface area (Å²) in [4.78, 5) is 14.9. The summed E-state index contributed by atoms with van der Waals surface area (Å²) in [7, 11) is -4.03. The van der Waals surface area contributed by atoms with Gasteiger partial charge in [-0.3, -0.25) is 4.90 Å². The van der Waals surface area contributed by atoms with Crippen molar-refractivity contribution in [3.63, 3.8) is 0 Å². The summed E-state index contributed by atoms with van der Waals surface area (Å²) >= 11 is 0. The normalized spacial score (nSPS) is 13.9. The molecule has 1 aliphatic heterocycles. The van der Waals surface area contributed by atoms with E-state index in [-0.39, 0.29) is 11.5 Å². The van der Waals surface area contributed by atoms with Crippen LogP contribution in [0.3, 0.4) is 0 Å². The second-order valence-electron chi connectivity index (χ2n) is 8.75. The largest absolute Gasteiger partial charge is 0.449 e. The first kappa shape index (κ1) is 25.1. The summed E-state index contributed by atoms with van der Waals surface area (Å²) in [5.74, 6) is 3.12. The number of amides is 1. The molecule has 38 heavy (non-hydrogen) atoms. The van der Waals surface area contributed by atoms with Crippen LogP contribution in [0.15, 0.2) is 108 Å². The van der Waals surface area contributed by atoms with Crippen molar-refractivity contribution in [1.29, 1.82) is 0 Å². The van der Waals surface area contributed by atoms with Crippen LogP contribution in [0.25, 0.3) is 11.1 Å². The third-order valence-corrected chi connectivity index (χ3v) is 7.94. The van der Waals surface area contributed by atoms with E-state index in [2.05, 4.69) is 12.0 Å². The van der Waals surface area contributed by atoms with Gasteiger partial charge in [-0.25, -0.2) is 13.2 Å². The molecule has 0 saturated heterocycles.